The first-order valence-corrected chi connectivity index (χ1v) is 5.26. The minimum Gasteiger partial charge on any atom is -0.375 e. The molecule has 0 aliphatic carbocycles. The van der Waals surface area contributed by atoms with Crippen molar-refractivity contribution in [2.45, 2.75) is 50.4 Å². The Morgan fingerprint density at radius 2 is 2.31 bits per heavy atom. The summed E-state index contributed by atoms with van der Waals surface area (Å²) in [6.45, 7) is 3.61. The van der Waals surface area contributed by atoms with E-state index in [0.29, 0.717) is 6.54 Å². The van der Waals surface area contributed by atoms with Crippen molar-refractivity contribution in [3.05, 3.63) is 0 Å². The molecule has 0 amide bonds. The van der Waals surface area contributed by atoms with Crippen molar-refractivity contribution in [1.82, 2.24) is 0 Å². The summed E-state index contributed by atoms with van der Waals surface area (Å²) in [6.07, 6.45) is 5.05. The second kappa shape index (κ2) is 3.56. The molecule has 2 aliphatic heterocycles. The highest BCUT2D eigenvalue weighted by Gasteiger charge is 2.45. The van der Waals surface area contributed by atoms with Gasteiger partial charge in [-0.2, -0.15) is 0 Å². The predicted molar refractivity (Wildman–Crippen MR) is 50.5 cm³/mol. The van der Waals surface area contributed by atoms with Crippen molar-refractivity contribution in [3.8, 4) is 0 Å². The van der Waals surface area contributed by atoms with E-state index in [1.165, 1.54) is 6.42 Å². The van der Waals surface area contributed by atoms with Gasteiger partial charge in [0.2, 0.25) is 0 Å². The van der Waals surface area contributed by atoms with Crippen LogP contribution >= 0.6 is 0 Å². The molecule has 1 spiro atoms. The van der Waals surface area contributed by atoms with Gasteiger partial charge in [-0.15, -0.1) is 0 Å². The molecule has 3 nitrogen and oxygen atoms in total. The lowest BCUT2D eigenvalue weighted by atomic mass is 9.86. The molecule has 2 heterocycles. The molecular weight excluding hydrogens is 166 g/mol. The van der Waals surface area contributed by atoms with Crippen LogP contribution in [0.1, 0.15) is 32.6 Å². The molecule has 0 aromatic carbocycles. The van der Waals surface area contributed by atoms with Gasteiger partial charge >= 0.3 is 0 Å². The summed E-state index contributed by atoms with van der Waals surface area (Å²) in [5, 5.41) is 0. The van der Waals surface area contributed by atoms with Crippen LogP contribution in [0.15, 0.2) is 0 Å². The summed E-state index contributed by atoms with van der Waals surface area (Å²) in [7, 11) is 0. The Bertz CT molecular complexity index is 186. The monoisotopic (exact) mass is 185 g/mol. The second-order valence-electron chi connectivity index (χ2n) is 4.20. The van der Waals surface area contributed by atoms with Crippen molar-refractivity contribution in [2.24, 2.45) is 5.73 Å². The summed E-state index contributed by atoms with van der Waals surface area (Å²) in [4.78, 5) is 0. The third kappa shape index (κ3) is 1.60. The highest BCUT2D eigenvalue weighted by Crippen LogP contribution is 2.39. The Balaban J connectivity index is 2.04. The van der Waals surface area contributed by atoms with Crippen molar-refractivity contribution < 1.29 is 9.47 Å². The SMILES string of the molecule is CC1OCCC12CCCC(CN)O2. The van der Waals surface area contributed by atoms with Crippen molar-refractivity contribution in [3.63, 3.8) is 0 Å². The quantitative estimate of drug-likeness (QED) is 0.664. The first kappa shape index (κ1) is 9.44. The average molecular weight is 185 g/mol. The summed E-state index contributed by atoms with van der Waals surface area (Å²) >= 11 is 0. The first-order chi connectivity index (χ1) is 6.27. The number of nitrogens with two attached hydrogens (primary N) is 1. The van der Waals surface area contributed by atoms with Crippen LogP contribution in [0.5, 0.6) is 0 Å². The van der Waals surface area contributed by atoms with Gasteiger partial charge in [0.05, 0.1) is 17.8 Å². The molecule has 0 saturated carbocycles. The van der Waals surface area contributed by atoms with Crippen molar-refractivity contribution in [2.75, 3.05) is 13.2 Å². The largest absolute Gasteiger partial charge is 0.375 e. The lowest BCUT2D eigenvalue weighted by Gasteiger charge is -2.40. The molecule has 3 atom stereocenters. The molecule has 0 aromatic rings. The van der Waals surface area contributed by atoms with E-state index < -0.39 is 0 Å². The van der Waals surface area contributed by atoms with E-state index in [4.69, 9.17) is 15.2 Å². The van der Waals surface area contributed by atoms with Crippen LogP contribution in [-0.4, -0.2) is 31.0 Å². The zero-order chi connectivity index (χ0) is 9.31. The molecule has 0 aromatic heterocycles. The fraction of sp³-hybridized carbons (Fsp3) is 1.00. The summed E-state index contributed by atoms with van der Waals surface area (Å²) < 4.78 is 11.6. The third-order valence-electron chi connectivity index (χ3n) is 3.42. The summed E-state index contributed by atoms with van der Waals surface area (Å²) in [6, 6.07) is 0. The van der Waals surface area contributed by atoms with Crippen LogP contribution in [0, 0.1) is 0 Å². The van der Waals surface area contributed by atoms with Crippen LogP contribution in [0.4, 0.5) is 0 Å². The first-order valence-electron chi connectivity index (χ1n) is 5.26. The van der Waals surface area contributed by atoms with Gasteiger partial charge in [0.15, 0.2) is 0 Å². The van der Waals surface area contributed by atoms with Gasteiger partial charge in [-0.25, -0.2) is 0 Å². The van der Waals surface area contributed by atoms with Crippen LogP contribution in [0.3, 0.4) is 0 Å². The Labute approximate surface area is 79.6 Å². The van der Waals surface area contributed by atoms with E-state index in [1.54, 1.807) is 0 Å². The van der Waals surface area contributed by atoms with Crippen LogP contribution in [0.25, 0.3) is 0 Å². The number of hydrogen-bond acceptors (Lipinski definition) is 3. The van der Waals surface area contributed by atoms with Gasteiger partial charge in [-0.05, 0) is 26.2 Å². The molecule has 2 fully saturated rings. The van der Waals surface area contributed by atoms with Crippen molar-refractivity contribution >= 4 is 0 Å². The topological polar surface area (TPSA) is 44.5 Å². The molecule has 2 aliphatic rings. The maximum absolute atomic E-state index is 6.05. The minimum absolute atomic E-state index is 0.00227. The summed E-state index contributed by atoms with van der Waals surface area (Å²) in [5.41, 5.74) is 5.64. The molecular formula is C10H19NO2. The highest BCUT2D eigenvalue weighted by atomic mass is 16.6. The normalized spacial score (nSPS) is 45.7. The fourth-order valence-corrected chi connectivity index (χ4v) is 2.49. The molecule has 2 saturated heterocycles. The predicted octanol–water partition coefficient (Wildman–Crippen LogP) is 1.06. The molecule has 2 N–H and O–H groups in total. The summed E-state index contributed by atoms with van der Waals surface area (Å²) in [5.74, 6) is 0. The number of rotatable bonds is 1. The highest BCUT2D eigenvalue weighted by molar-refractivity contribution is 4.95. The Kier molecular flexibility index (Phi) is 2.58. The zero-order valence-electron chi connectivity index (χ0n) is 8.29. The van der Waals surface area contributed by atoms with Crippen LogP contribution in [0.2, 0.25) is 0 Å². The molecule has 76 valence electrons. The maximum Gasteiger partial charge on any atom is 0.0966 e. The van der Waals surface area contributed by atoms with Gasteiger partial charge in [-0.3, -0.25) is 0 Å². The smallest absolute Gasteiger partial charge is 0.0966 e. The lowest BCUT2D eigenvalue weighted by molar-refractivity contribution is -0.148. The fourth-order valence-electron chi connectivity index (χ4n) is 2.49. The minimum atomic E-state index is 0.00227. The molecule has 0 radical (unpaired) electrons. The molecule has 0 bridgehead atoms. The van der Waals surface area contributed by atoms with E-state index >= 15 is 0 Å². The van der Waals surface area contributed by atoms with Gasteiger partial charge in [0.1, 0.15) is 0 Å². The maximum atomic E-state index is 6.05. The molecule has 2 rings (SSSR count). The standard InChI is InChI=1S/C10H19NO2/c1-8-10(5-6-12-8)4-2-3-9(7-11)13-10/h8-9H,2-7,11H2,1H3. The lowest BCUT2D eigenvalue weighted by Crippen LogP contribution is -2.47. The Hall–Kier alpha value is -0.120. The van der Waals surface area contributed by atoms with Gasteiger partial charge in [0.25, 0.3) is 0 Å². The van der Waals surface area contributed by atoms with Crippen LogP contribution < -0.4 is 5.73 Å². The van der Waals surface area contributed by atoms with Gasteiger partial charge in [0, 0.05) is 19.6 Å². The van der Waals surface area contributed by atoms with E-state index in [2.05, 4.69) is 6.92 Å². The Morgan fingerprint density at radius 3 is 2.92 bits per heavy atom. The number of ether oxygens (including phenoxy) is 2. The molecule has 3 unspecified atom stereocenters. The van der Waals surface area contributed by atoms with Crippen molar-refractivity contribution in [1.29, 1.82) is 0 Å². The molecule has 3 heteroatoms. The molecule has 13 heavy (non-hydrogen) atoms. The van der Waals surface area contributed by atoms with Gasteiger partial charge in [-0.1, -0.05) is 0 Å². The zero-order valence-corrected chi connectivity index (χ0v) is 8.29. The van der Waals surface area contributed by atoms with E-state index in [0.717, 1.165) is 25.9 Å². The number of hydrogen-bond donors (Lipinski definition) is 1. The van der Waals surface area contributed by atoms with E-state index in [1.807, 2.05) is 0 Å². The average Bonchev–Trinajstić information content (AvgIpc) is 2.48. The van der Waals surface area contributed by atoms with Gasteiger partial charge < -0.3 is 15.2 Å². The van der Waals surface area contributed by atoms with Crippen LogP contribution in [-0.2, 0) is 9.47 Å². The van der Waals surface area contributed by atoms with E-state index in [9.17, 15) is 0 Å². The Morgan fingerprint density at radius 1 is 1.46 bits per heavy atom. The third-order valence-corrected chi connectivity index (χ3v) is 3.42. The van der Waals surface area contributed by atoms with E-state index in [-0.39, 0.29) is 17.8 Å². The second-order valence-corrected chi connectivity index (χ2v) is 4.20.